The zero-order valence-corrected chi connectivity index (χ0v) is 24.6. The molecule has 228 valence electrons. The predicted octanol–water partition coefficient (Wildman–Crippen LogP) is 2.12. The Kier molecular flexibility index (Phi) is 9.05. The number of anilines is 2. The second-order valence-electron chi connectivity index (χ2n) is 10.1. The van der Waals surface area contributed by atoms with E-state index in [4.69, 9.17) is 23.7 Å². The highest BCUT2D eigenvalue weighted by molar-refractivity contribution is 7.93. The fraction of sp³-hybridized carbons (Fsp3) is 0.538. The van der Waals surface area contributed by atoms with Gasteiger partial charge in [-0.3, -0.25) is 9.29 Å². The molecule has 0 spiro atoms. The van der Waals surface area contributed by atoms with Gasteiger partial charge in [0.1, 0.15) is 28.5 Å². The lowest BCUT2D eigenvalue weighted by atomic mass is 10.1. The molecule has 2 unspecified atom stereocenters. The Labute approximate surface area is 243 Å². The van der Waals surface area contributed by atoms with E-state index in [0.717, 1.165) is 12.4 Å². The summed E-state index contributed by atoms with van der Waals surface area (Å²) in [6.07, 6.45) is 1.05. The van der Waals surface area contributed by atoms with Crippen molar-refractivity contribution in [1.29, 1.82) is 0 Å². The van der Waals surface area contributed by atoms with Gasteiger partial charge in [0, 0.05) is 13.1 Å². The van der Waals surface area contributed by atoms with Gasteiger partial charge in [0.15, 0.2) is 11.6 Å². The number of methoxy groups -OCH3 is 2. The Bertz CT molecular complexity index is 1440. The van der Waals surface area contributed by atoms with Crippen LogP contribution in [0.2, 0.25) is 0 Å². The van der Waals surface area contributed by atoms with E-state index in [2.05, 4.69) is 24.9 Å². The summed E-state index contributed by atoms with van der Waals surface area (Å²) >= 11 is 0. The molecule has 0 radical (unpaired) electrons. The molecule has 1 aromatic carbocycles. The molecule has 0 saturated carbocycles. The van der Waals surface area contributed by atoms with E-state index >= 15 is 0 Å². The van der Waals surface area contributed by atoms with Crippen LogP contribution in [0.25, 0.3) is 5.69 Å². The number of benzene rings is 1. The number of nitrogens with one attached hydrogen (secondary N) is 1. The molecule has 1 N–H and O–H groups in total. The lowest BCUT2D eigenvalue weighted by molar-refractivity contribution is -0.0941. The molecule has 2 fully saturated rings. The standard InChI is InChI=1S/C26H34FN7O7S/c1-16(2)41-18-10-19(14-33(13-18)25-28-11-17(27)12-29-25)42(35,36)32-26-31-30-24(22-15-39-8-9-40-22)34(26)23-20(37-3)6-5-7-21(23)38-4/h5-7,11-12,16,18-19,22H,8-10,13-15H2,1-4H3,(H,31,32)/t18?,19?,22-/m1/s1. The molecule has 14 nitrogen and oxygen atoms in total. The topological polar surface area (TPSA) is 152 Å². The molecule has 0 bridgehead atoms. The van der Waals surface area contributed by atoms with Crippen LogP contribution in [0.1, 0.15) is 32.2 Å². The van der Waals surface area contributed by atoms with Crippen LogP contribution in [-0.4, -0.2) is 97.7 Å². The number of sulfonamides is 1. The SMILES string of the molecule is COc1cccc(OC)c1-n1c(NS(=O)(=O)C2CC(OC(C)C)CN(c3ncc(F)cn3)C2)nnc1[C@H]1COCCO1. The van der Waals surface area contributed by atoms with Crippen molar-refractivity contribution in [3.8, 4) is 17.2 Å². The van der Waals surface area contributed by atoms with Gasteiger partial charge in [-0.05, 0) is 32.4 Å². The Hall–Kier alpha value is -3.60. The monoisotopic (exact) mass is 607 g/mol. The fourth-order valence-corrected chi connectivity index (χ4v) is 6.44. The Morgan fingerprint density at radius 1 is 1.07 bits per heavy atom. The molecule has 5 rings (SSSR count). The molecular formula is C26H34FN7O7S. The summed E-state index contributed by atoms with van der Waals surface area (Å²) in [5.74, 6) is 0.628. The van der Waals surface area contributed by atoms with Crippen molar-refractivity contribution in [2.45, 2.75) is 43.8 Å². The van der Waals surface area contributed by atoms with Gasteiger partial charge in [-0.25, -0.2) is 22.8 Å². The zero-order chi connectivity index (χ0) is 29.9. The highest BCUT2D eigenvalue weighted by Gasteiger charge is 2.39. The summed E-state index contributed by atoms with van der Waals surface area (Å²) in [7, 11) is -1.13. The van der Waals surface area contributed by atoms with Crippen LogP contribution in [0.4, 0.5) is 16.3 Å². The second kappa shape index (κ2) is 12.7. The maximum atomic E-state index is 14.0. The molecule has 0 aliphatic carbocycles. The number of rotatable bonds is 10. The van der Waals surface area contributed by atoms with Gasteiger partial charge < -0.3 is 28.6 Å². The normalized spacial score (nSPS) is 21.4. The minimum atomic E-state index is -4.12. The number of para-hydroxylation sites is 1. The van der Waals surface area contributed by atoms with E-state index in [0.29, 0.717) is 42.8 Å². The number of piperidine rings is 1. The summed E-state index contributed by atoms with van der Waals surface area (Å²) in [6, 6.07) is 5.18. The van der Waals surface area contributed by atoms with Gasteiger partial charge in [-0.2, -0.15) is 0 Å². The lowest BCUT2D eigenvalue weighted by Crippen LogP contribution is -2.51. The van der Waals surface area contributed by atoms with Gasteiger partial charge in [-0.15, -0.1) is 10.2 Å². The van der Waals surface area contributed by atoms with Gasteiger partial charge in [0.2, 0.25) is 21.9 Å². The van der Waals surface area contributed by atoms with Crippen molar-refractivity contribution >= 4 is 21.9 Å². The van der Waals surface area contributed by atoms with Crippen LogP contribution in [-0.2, 0) is 24.2 Å². The van der Waals surface area contributed by atoms with E-state index < -0.39 is 33.3 Å². The second-order valence-corrected chi connectivity index (χ2v) is 12.0. The first kappa shape index (κ1) is 29.9. The molecule has 4 heterocycles. The molecule has 2 aliphatic rings. The summed E-state index contributed by atoms with van der Waals surface area (Å²) < 4.78 is 74.4. The average molecular weight is 608 g/mol. The van der Waals surface area contributed by atoms with Crippen LogP contribution < -0.4 is 19.1 Å². The van der Waals surface area contributed by atoms with Crippen LogP contribution in [0.5, 0.6) is 11.5 Å². The van der Waals surface area contributed by atoms with Crippen LogP contribution in [0.3, 0.4) is 0 Å². The zero-order valence-electron chi connectivity index (χ0n) is 23.8. The summed E-state index contributed by atoms with van der Waals surface area (Å²) in [4.78, 5) is 9.78. The molecule has 3 atom stereocenters. The predicted molar refractivity (Wildman–Crippen MR) is 149 cm³/mol. The van der Waals surface area contributed by atoms with Gasteiger partial charge in [0.25, 0.3) is 0 Å². The minimum Gasteiger partial charge on any atom is -0.494 e. The molecular weight excluding hydrogens is 573 g/mol. The molecule has 2 aliphatic heterocycles. The highest BCUT2D eigenvalue weighted by atomic mass is 32.2. The third-order valence-corrected chi connectivity index (χ3v) is 8.50. The molecule has 2 saturated heterocycles. The third-order valence-electron chi connectivity index (χ3n) is 6.82. The summed E-state index contributed by atoms with van der Waals surface area (Å²) in [5, 5.41) is 7.55. The quantitative estimate of drug-likeness (QED) is 0.359. The third kappa shape index (κ3) is 6.40. The van der Waals surface area contributed by atoms with Gasteiger partial charge >= 0.3 is 0 Å². The first-order chi connectivity index (χ1) is 20.2. The Balaban J connectivity index is 1.53. The van der Waals surface area contributed by atoms with Crippen molar-refractivity contribution in [2.75, 3.05) is 56.8 Å². The summed E-state index contributed by atoms with van der Waals surface area (Å²) in [6.45, 7) is 5.09. The number of halogens is 1. The molecule has 0 amide bonds. The van der Waals surface area contributed by atoms with Crippen LogP contribution in [0, 0.1) is 5.82 Å². The van der Waals surface area contributed by atoms with E-state index in [1.807, 2.05) is 13.8 Å². The average Bonchev–Trinajstić information content (AvgIpc) is 3.39. The largest absolute Gasteiger partial charge is 0.494 e. The molecule has 3 aromatic rings. The number of aromatic nitrogens is 5. The molecule has 2 aromatic heterocycles. The van der Waals surface area contributed by atoms with Gasteiger partial charge in [0.05, 0.1) is 58.6 Å². The Morgan fingerprint density at radius 3 is 2.40 bits per heavy atom. The molecule has 16 heteroatoms. The van der Waals surface area contributed by atoms with Crippen molar-refractivity contribution in [3.05, 3.63) is 42.2 Å². The van der Waals surface area contributed by atoms with Crippen LogP contribution >= 0.6 is 0 Å². The molecule has 42 heavy (non-hydrogen) atoms. The number of hydrogen-bond donors (Lipinski definition) is 1. The minimum absolute atomic E-state index is 0.0392. The van der Waals surface area contributed by atoms with Crippen molar-refractivity contribution < 1.29 is 36.5 Å². The number of ether oxygens (including phenoxy) is 5. The van der Waals surface area contributed by atoms with Crippen molar-refractivity contribution in [2.24, 2.45) is 0 Å². The number of nitrogens with zero attached hydrogens (tertiary/aromatic N) is 6. The maximum Gasteiger partial charge on any atom is 0.243 e. The smallest absolute Gasteiger partial charge is 0.243 e. The van der Waals surface area contributed by atoms with E-state index in [9.17, 15) is 12.8 Å². The number of hydrogen-bond acceptors (Lipinski definition) is 12. The van der Waals surface area contributed by atoms with E-state index in [-0.39, 0.29) is 37.6 Å². The van der Waals surface area contributed by atoms with Crippen molar-refractivity contribution in [1.82, 2.24) is 24.7 Å². The Morgan fingerprint density at radius 2 is 1.79 bits per heavy atom. The van der Waals surface area contributed by atoms with E-state index in [1.165, 1.54) is 18.8 Å². The first-order valence-electron chi connectivity index (χ1n) is 13.5. The van der Waals surface area contributed by atoms with Crippen molar-refractivity contribution in [3.63, 3.8) is 0 Å². The fourth-order valence-electron chi connectivity index (χ4n) is 5.04. The van der Waals surface area contributed by atoms with Crippen LogP contribution in [0.15, 0.2) is 30.6 Å². The maximum absolute atomic E-state index is 14.0. The lowest BCUT2D eigenvalue weighted by Gasteiger charge is -2.37. The van der Waals surface area contributed by atoms with E-state index in [1.54, 1.807) is 23.1 Å². The van der Waals surface area contributed by atoms with Gasteiger partial charge in [-0.1, -0.05) is 6.07 Å². The first-order valence-corrected chi connectivity index (χ1v) is 15.0. The highest BCUT2D eigenvalue weighted by Crippen LogP contribution is 2.38. The summed E-state index contributed by atoms with van der Waals surface area (Å²) in [5.41, 5.74) is 0.389.